The van der Waals surface area contributed by atoms with Gasteiger partial charge in [-0.05, 0) is 97.7 Å². The molecule has 4 nitrogen and oxygen atoms in total. The van der Waals surface area contributed by atoms with Crippen LogP contribution in [0.5, 0.6) is 0 Å². The Morgan fingerprint density at radius 3 is 2.65 bits per heavy atom. The summed E-state index contributed by atoms with van der Waals surface area (Å²) < 4.78 is 0. The highest BCUT2D eigenvalue weighted by atomic mass is 32.2. The first-order valence-electron chi connectivity index (χ1n) is 14.2. The van der Waals surface area contributed by atoms with Crippen molar-refractivity contribution >= 4 is 17.7 Å². The summed E-state index contributed by atoms with van der Waals surface area (Å²) in [6, 6.07) is 0. The molecule has 0 aliphatic heterocycles. The number of thioether (sulfide) groups is 1. The molecule has 8 atom stereocenters. The number of nitrogens with two attached hydrogens (primary N) is 1. The van der Waals surface area contributed by atoms with Crippen molar-refractivity contribution in [1.29, 1.82) is 0 Å². The van der Waals surface area contributed by atoms with Crippen molar-refractivity contribution < 1.29 is 0 Å². The van der Waals surface area contributed by atoms with Crippen LogP contribution in [0.15, 0.2) is 16.8 Å². The topological polar surface area (TPSA) is 67.6 Å². The van der Waals surface area contributed by atoms with Crippen molar-refractivity contribution in [2.45, 2.75) is 116 Å². The van der Waals surface area contributed by atoms with E-state index in [0.717, 1.165) is 40.7 Å². The third kappa shape index (κ3) is 4.37. The fraction of sp³-hybridized carbons (Fsp3) is 0.862. The van der Waals surface area contributed by atoms with E-state index in [4.69, 9.17) is 5.73 Å². The van der Waals surface area contributed by atoms with Crippen LogP contribution in [0.2, 0.25) is 0 Å². The van der Waals surface area contributed by atoms with E-state index in [0.29, 0.717) is 22.0 Å². The van der Waals surface area contributed by atoms with E-state index in [2.05, 4.69) is 55.9 Å². The highest BCUT2D eigenvalue weighted by molar-refractivity contribution is 7.99. The number of fused-ring (bicyclic) bond motifs is 5. The van der Waals surface area contributed by atoms with Crippen LogP contribution >= 0.6 is 11.8 Å². The molecule has 5 heteroatoms. The van der Waals surface area contributed by atoms with Crippen LogP contribution < -0.4 is 5.73 Å². The summed E-state index contributed by atoms with van der Waals surface area (Å²) in [6.07, 6.45) is 18.0. The van der Waals surface area contributed by atoms with Crippen LogP contribution in [0.4, 0.5) is 5.95 Å². The lowest BCUT2D eigenvalue weighted by Crippen LogP contribution is -2.50. The molecule has 3 saturated carbocycles. The van der Waals surface area contributed by atoms with Gasteiger partial charge in [0.15, 0.2) is 0 Å². The van der Waals surface area contributed by atoms with Gasteiger partial charge in [-0.1, -0.05) is 77.3 Å². The maximum atomic E-state index is 5.75. The van der Waals surface area contributed by atoms with Gasteiger partial charge in [0.2, 0.25) is 11.1 Å². The summed E-state index contributed by atoms with van der Waals surface area (Å²) in [5, 5.41) is 8.46. The lowest BCUT2D eigenvalue weighted by molar-refractivity contribution is -0.0497. The molecule has 34 heavy (non-hydrogen) atoms. The first-order chi connectivity index (χ1) is 16.2. The first kappa shape index (κ1) is 24.7. The number of nitrogens with one attached hydrogen (secondary N) is 1. The zero-order valence-corrected chi connectivity index (χ0v) is 23.1. The molecular weight excluding hydrogens is 436 g/mol. The molecule has 0 unspecified atom stereocenters. The number of H-pyrrole nitrogens is 1. The van der Waals surface area contributed by atoms with Crippen molar-refractivity contribution in [3.8, 4) is 0 Å². The molecule has 3 N–H and O–H groups in total. The zero-order valence-electron chi connectivity index (χ0n) is 22.3. The maximum absolute atomic E-state index is 5.75. The molecule has 0 saturated heterocycles. The van der Waals surface area contributed by atoms with Crippen molar-refractivity contribution in [1.82, 2.24) is 15.2 Å². The molecule has 1 aromatic heterocycles. The van der Waals surface area contributed by atoms with E-state index in [1.54, 1.807) is 5.57 Å². The van der Waals surface area contributed by atoms with Crippen LogP contribution in [0.1, 0.15) is 105 Å². The number of nitrogens with zero attached hydrogens (tertiary/aromatic N) is 2. The second-order valence-electron chi connectivity index (χ2n) is 13.3. The summed E-state index contributed by atoms with van der Waals surface area (Å²) in [5.74, 6) is 5.88. The Bertz CT molecular complexity index is 892. The molecule has 0 amide bonds. The molecule has 4 aliphatic carbocycles. The average Bonchev–Trinajstić information content (AvgIpc) is 3.35. The van der Waals surface area contributed by atoms with Gasteiger partial charge in [0.25, 0.3) is 0 Å². The van der Waals surface area contributed by atoms with Crippen molar-refractivity contribution in [3.05, 3.63) is 11.6 Å². The summed E-state index contributed by atoms with van der Waals surface area (Å²) in [5.41, 5.74) is 8.50. The minimum absolute atomic E-state index is 0.417. The van der Waals surface area contributed by atoms with Crippen LogP contribution in [0, 0.1) is 46.3 Å². The summed E-state index contributed by atoms with van der Waals surface area (Å²) in [6.45, 7) is 12.7. The standard InChI is InChI=1S/C29H48N4S/c1-18(2)7-6-8-19(3)23-11-12-24-22-10-9-20-17-21(34-27-31-26(30)32-33-27)13-15-28(20,4)25(22)14-16-29(23,24)5/h9,18-19,21-25H,6-8,10-17H2,1-5H3,(H3,30,31,32,33)/t19-,21+,22-,23+,24-,25-,28-,29+/m0/s1. The van der Waals surface area contributed by atoms with Gasteiger partial charge in [-0.15, -0.1) is 5.10 Å². The number of rotatable bonds is 7. The molecule has 0 radical (unpaired) electrons. The predicted octanol–water partition coefficient (Wildman–Crippen LogP) is 7.89. The molecular formula is C29H48N4S. The van der Waals surface area contributed by atoms with Crippen molar-refractivity contribution in [2.24, 2.45) is 46.3 Å². The lowest BCUT2D eigenvalue weighted by atomic mass is 9.47. The quantitative estimate of drug-likeness (QED) is 0.386. The molecule has 0 spiro atoms. The smallest absolute Gasteiger partial charge is 0.216 e. The third-order valence-corrected chi connectivity index (χ3v) is 12.1. The van der Waals surface area contributed by atoms with Crippen LogP contribution in [0.25, 0.3) is 0 Å². The van der Waals surface area contributed by atoms with Gasteiger partial charge >= 0.3 is 0 Å². The van der Waals surface area contributed by atoms with Crippen LogP contribution in [-0.4, -0.2) is 20.4 Å². The third-order valence-electron chi connectivity index (χ3n) is 11.0. The Balaban J connectivity index is 1.27. The van der Waals surface area contributed by atoms with E-state index >= 15 is 0 Å². The largest absolute Gasteiger partial charge is 0.368 e. The van der Waals surface area contributed by atoms with Gasteiger partial charge in [0.1, 0.15) is 0 Å². The fourth-order valence-corrected chi connectivity index (χ4v) is 10.3. The van der Waals surface area contributed by atoms with E-state index in [-0.39, 0.29) is 0 Å². The van der Waals surface area contributed by atoms with E-state index in [1.807, 2.05) is 11.8 Å². The molecule has 0 bridgehead atoms. The second-order valence-corrected chi connectivity index (χ2v) is 14.5. The minimum atomic E-state index is 0.417. The van der Waals surface area contributed by atoms with E-state index in [1.165, 1.54) is 70.6 Å². The normalized spacial score (nSPS) is 40.4. The van der Waals surface area contributed by atoms with Gasteiger partial charge in [-0.2, -0.15) is 4.98 Å². The van der Waals surface area contributed by atoms with Gasteiger partial charge in [0, 0.05) is 5.25 Å². The molecule has 1 heterocycles. The highest BCUT2D eigenvalue weighted by Crippen LogP contribution is 2.67. The Kier molecular flexibility index (Phi) is 6.89. The highest BCUT2D eigenvalue weighted by Gasteiger charge is 2.59. The average molecular weight is 485 g/mol. The second kappa shape index (κ2) is 9.48. The van der Waals surface area contributed by atoms with Crippen LogP contribution in [0.3, 0.4) is 0 Å². The minimum Gasteiger partial charge on any atom is -0.368 e. The summed E-state index contributed by atoms with van der Waals surface area (Å²) in [7, 11) is 0. The molecule has 1 aromatic rings. The number of allylic oxidation sites excluding steroid dienone is 2. The summed E-state index contributed by atoms with van der Waals surface area (Å²) in [4.78, 5) is 4.34. The molecule has 0 aromatic carbocycles. The Labute approximate surface area is 212 Å². The van der Waals surface area contributed by atoms with E-state index in [9.17, 15) is 0 Å². The predicted molar refractivity (Wildman–Crippen MR) is 143 cm³/mol. The molecule has 4 aliphatic rings. The molecule has 5 rings (SSSR count). The van der Waals surface area contributed by atoms with Crippen molar-refractivity contribution in [3.63, 3.8) is 0 Å². The molecule has 3 fully saturated rings. The lowest BCUT2D eigenvalue weighted by Gasteiger charge is -2.58. The fourth-order valence-electron chi connectivity index (χ4n) is 9.21. The van der Waals surface area contributed by atoms with Crippen LogP contribution in [-0.2, 0) is 0 Å². The van der Waals surface area contributed by atoms with Gasteiger partial charge in [-0.25, -0.2) is 5.10 Å². The number of aromatic nitrogens is 3. The number of nitrogen functional groups attached to an aromatic ring is 1. The first-order valence-corrected chi connectivity index (χ1v) is 15.1. The van der Waals surface area contributed by atoms with Crippen molar-refractivity contribution in [2.75, 3.05) is 5.73 Å². The van der Waals surface area contributed by atoms with E-state index < -0.39 is 0 Å². The van der Waals surface area contributed by atoms with Gasteiger partial charge in [-0.3, -0.25) is 0 Å². The number of hydrogen-bond acceptors (Lipinski definition) is 4. The Morgan fingerprint density at radius 2 is 1.91 bits per heavy atom. The monoisotopic (exact) mass is 484 g/mol. The number of aromatic amines is 1. The SMILES string of the molecule is CC(C)CCC[C@H](C)[C@H]1CC[C@H]2[C@@H]3CC=C4C[C@H](Sc5n[nH]c(N)n5)CC[C@]4(C)[C@H]3CC[C@]12C. The zero-order chi connectivity index (χ0) is 24.1. The Hall–Kier alpha value is -0.970. The summed E-state index contributed by atoms with van der Waals surface area (Å²) >= 11 is 1.82. The number of hydrogen-bond donors (Lipinski definition) is 2. The maximum Gasteiger partial charge on any atom is 0.216 e. The van der Waals surface area contributed by atoms with Gasteiger partial charge < -0.3 is 5.73 Å². The van der Waals surface area contributed by atoms with Gasteiger partial charge in [0.05, 0.1) is 0 Å². The Morgan fingerprint density at radius 1 is 1.09 bits per heavy atom. The number of anilines is 1. The molecule has 190 valence electrons.